The van der Waals surface area contributed by atoms with E-state index in [9.17, 15) is 5.11 Å². The minimum absolute atomic E-state index is 0.0501. The maximum Gasteiger partial charge on any atom is 0.135 e. The van der Waals surface area contributed by atoms with Gasteiger partial charge in [-0.25, -0.2) is 4.98 Å². The van der Waals surface area contributed by atoms with Gasteiger partial charge in [0.15, 0.2) is 0 Å². The van der Waals surface area contributed by atoms with Gasteiger partial charge in [0.1, 0.15) is 5.82 Å². The van der Waals surface area contributed by atoms with Gasteiger partial charge in [0.05, 0.1) is 12.1 Å². The number of benzene rings is 1. The Kier molecular flexibility index (Phi) is 3.62. The van der Waals surface area contributed by atoms with Gasteiger partial charge in [0.2, 0.25) is 0 Å². The molecule has 1 aliphatic carbocycles. The Hall–Kier alpha value is -1.61. The average Bonchev–Trinajstić information content (AvgIpc) is 3.27. The van der Waals surface area contributed by atoms with E-state index in [1.165, 1.54) is 12.8 Å². The Morgan fingerprint density at radius 1 is 1.30 bits per heavy atom. The Morgan fingerprint density at radius 3 is 2.70 bits per heavy atom. The third-order valence-electron chi connectivity index (χ3n) is 3.77. The van der Waals surface area contributed by atoms with E-state index in [4.69, 9.17) is 4.98 Å². The largest absolute Gasteiger partial charge is 0.392 e. The number of pyridine rings is 1. The van der Waals surface area contributed by atoms with Crippen LogP contribution in [0, 0.1) is 5.92 Å². The topological polar surface area (TPSA) is 36.4 Å². The number of anilines is 1. The van der Waals surface area contributed by atoms with Gasteiger partial charge in [-0.15, -0.1) is 0 Å². The first-order valence-electron chi connectivity index (χ1n) is 7.45. The van der Waals surface area contributed by atoms with Gasteiger partial charge in [0, 0.05) is 23.5 Å². The third kappa shape index (κ3) is 2.63. The van der Waals surface area contributed by atoms with E-state index < -0.39 is 0 Å². The summed E-state index contributed by atoms with van der Waals surface area (Å²) in [6.07, 6.45) is 2.48. The quantitative estimate of drug-likeness (QED) is 0.905. The normalized spacial score (nSPS) is 15.0. The highest BCUT2D eigenvalue weighted by Crippen LogP contribution is 2.34. The van der Waals surface area contributed by atoms with Crippen molar-refractivity contribution < 1.29 is 5.11 Å². The summed E-state index contributed by atoms with van der Waals surface area (Å²) in [6, 6.07) is 10.8. The van der Waals surface area contributed by atoms with Crippen molar-refractivity contribution in [2.45, 2.75) is 39.3 Å². The van der Waals surface area contributed by atoms with E-state index in [0.29, 0.717) is 12.0 Å². The Morgan fingerprint density at radius 2 is 2.05 bits per heavy atom. The van der Waals surface area contributed by atoms with Crippen molar-refractivity contribution in [2.24, 2.45) is 5.92 Å². The molecule has 1 aromatic carbocycles. The van der Waals surface area contributed by atoms with Crippen molar-refractivity contribution >= 4 is 16.7 Å². The molecular weight excluding hydrogens is 248 g/mol. The van der Waals surface area contributed by atoms with Gasteiger partial charge in [-0.3, -0.25) is 0 Å². The lowest BCUT2D eigenvalue weighted by molar-refractivity contribution is 0.281. The standard InChI is InChI=1S/C17H22N2O/c1-12(2)10-19(15-7-8-15)17-14(11-20)9-13-5-3-4-6-16(13)18-17/h3-6,9,12,15,20H,7-8,10-11H2,1-2H3. The average molecular weight is 270 g/mol. The molecule has 20 heavy (non-hydrogen) atoms. The van der Waals surface area contributed by atoms with E-state index >= 15 is 0 Å². The van der Waals surface area contributed by atoms with Crippen LogP contribution in [0.5, 0.6) is 0 Å². The van der Waals surface area contributed by atoms with Gasteiger partial charge >= 0.3 is 0 Å². The Bertz CT molecular complexity index is 605. The van der Waals surface area contributed by atoms with Gasteiger partial charge in [-0.1, -0.05) is 32.0 Å². The zero-order valence-electron chi connectivity index (χ0n) is 12.2. The van der Waals surface area contributed by atoms with Gasteiger partial charge in [-0.2, -0.15) is 0 Å². The molecule has 1 saturated carbocycles. The van der Waals surface area contributed by atoms with Crippen molar-refractivity contribution in [3.05, 3.63) is 35.9 Å². The van der Waals surface area contributed by atoms with Crippen LogP contribution < -0.4 is 4.90 Å². The van der Waals surface area contributed by atoms with Crippen molar-refractivity contribution in [3.8, 4) is 0 Å². The van der Waals surface area contributed by atoms with E-state index in [1.807, 2.05) is 18.2 Å². The molecule has 0 aliphatic heterocycles. The van der Waals surface area contributed by atoms with Crippen LogP contribution in [0.1, 0.15) is 32.3 Å². The van der Waals surface area contributed by atoms with Crippen LogP contribution in [0.2, 0.25) is 0 Å². The molecule has 0 amide bonds. The van der Waals surface area contributed by atoms with Crippen LogP contribution in [0.15, 0.2) is 30.3 Å². The van der Waals surface area contributed by atoms with E-state index in [-0.39, 0.29) is 6.61 Å². The van der Waals surface area contributed by atoms with Crippen LogP contribution >= 0.6 is 0 Å². The summed E-state index contributed by atoms with van der Waals surface area (Å²) in [4.78, 5) is 7.22. The number of hydrogen-bond acceptors (Lipinski definition) is 3. The first kappa shape index (κ1) is 13.4. The smallest absolute Gasteiger partial charge is 0.135 e. The van der Waals surface area contributed by atoms with E-state index in [2.05, 4.69) is 30.9 Å². The lowest BCUT2D eigenvalue weighted by atomic mass is 10.1. The molecular formula is C17H22N2O. The molecule has 1 heterocycles. The van der Waals surface area contributed by atoms with Crippen LogP contribution in [-0.4, -0.2) is 22.7 Å². The zero-order valence-corrected chi connectivity index (χ0v) is 12.2. The molecule has 0 atom stereocenters. The number of fused-ring (bicyclic) bond motifs is 1. The highest BCUT2D eigenvalue weighted by molar-refractivity contribution is 5.81. The first-order chi connectivity index (χ1) is 9.69. The number of hydrogen-bond donors (Lipinski definition) is 1. The van der Waals surface area contributed by atoms with Crippen molar-refractivity contribution in [2.75, 3.05) is 11.4 Å². The highest BCUT2D eigenvalue weighted by Gasteiger charge is 2.31. The van der Waals surface area contributed by atoms with Crippen molar-refractivity contribution in [3.63, 3.8) is 0 Å². The molecule has 3 nitrogen and oxygen atoms in total. The summed E-state index contributed by atoms with van der Waals surface area (Å²) in [5.41, 5.74) is 1.95. The molecule has 3 rings (SSSR count). The maximum absolute atomic E-state index is 9.70. The molecule has 1 fully saturated rings. The number of aromatic nitrogens is 1. The fourth-order valence-corrected chi connectivity index (χ4v) is 2.70. The third-order valence-corrected chi connectivity index (χ3v) is 3.77. The monoisotopic (exact) mass is 270 g/mol. The Balaban J connectivity index is 2.07. The molecule has 1 N–H and O–H groups in total. The number of rotatable bonds is 5. The summed E-state index contributed by atoms with van der Waals surface area (Å²) in [5, 5.41) is 10.8. The Labute approximate surface area is 120 Å². The van der Waals surface area contributed by atoms with Gasteiger partial charge in [0.25, 0.3) is 0 Å². The number of aliphatic hydroxyl groups excluding tert-OH is 1. The van der Waals surface area contributed by atoms with Gasteiger partial charge in [-0.05, 0) is 30.9 Å². The second kappa shape index (κ2) is 5.41. The lowest BCUT2D eigenvalue weighted by Crippen LogP contribution is -2.31. The van der Waals surface area contributed by atoms with E-state index in [0.717, 1.165) is 28.8 Å². The number of aliphatic hydroxyl groups is 1. The molecule has 2 aromatic rings. The van der Waals surface area contributed by atoms with Crippen LogP contribution in [0.25, 0.3) is 10.9 Å². The second-order valence-corrected chi connectivity index (χ2v) is 6.10. The minimum atomic E-state index is 0.0501. The summed E-state index contributed by atoms with van der Waals surface area (Å²) < 4.78 is 0. The molecule has 0 radical (unpaired) electrons. The predicted molar refractivity (Wildman–Crippen MR) is 82.9 cm³/mol. The summed E-state index contributed by atoms with van der Waals surface area (Å²) in [6.45, 7) is 5.52. The molecule has 1 aromatic heterocycles. The summed E-state index contributed by atoms with van der Waals surface area (Å²) >= 11 is 0. The lowest BCUT2D eigenvalue weighted by Gasteiger charge is -2.27. The van der Waals surface area contributed by atoms with Crippen LogP contribution in [0.3, 0.4) is 0 Å². The first-order valence-corrected chi connectivity index (χ1v) is 7.45. The fraction of sp³-hybridized carbons (Fsp3) is 0.471. The van der Waals surface area contributed by atoms with Crippen molar-refractivity contribution in [1.29, 1.82) is 0 Å². The summed E-state index contributed by atoms with van der Waals surface area (Å²) in [7, 11) is 0. The van der Waals surface area contributed by atoms with E-state index in [1.54, 1.807) is 0 Å². The maximum atomic E-state index is 9.70. The fourth-order valence-electron chi connectivity index (χ4n) is 2.70. The molecule has 1 aliphatic rings. The minimum Gasteiger partial charge on any atom is -0.392 e. The molecule has 0 saturated heterocycles. The summed E-state index contributed by atoms with van der Waals surface area (Å²) in [5.74, 6) is 1.57. The van der Waals surface area contributed by atoms with Crippen LogP contribution in [-0.2, 0) is 6.61 Å². The molecule has 0 bridgehead atoms. The number of nitrogens with zero attached hydrogens (tertiary/aromatic N) is 2. The molecule has 3 heteroatoms. The number of para-hydroxylation sites is 1. The molecule has 106 valence electrons. The zero-order chi connectivity index (χ0) is 14.1. The SMILES string of the molecule is CC(C)CN(c1nc2ccccc2cc1CO)C1CC1. The highest BCUT2D eigenvalue weighted by atomic mass is 16.3. The van der Waals surface area contributed by atoms with Gasteiger partial charge < -0.3 is 10.0 Å². The predicted octanol–water partition coefficient (Wildman–Crippen LogP) is 3.35. The molecule has 0 spiro atoms. The second-order valence-electron chi connectivity index (χ2n) is 6.10. The van der Waals surface area contributed by atoms with Crippen LogP contribution in [0.4, 0.5) is 5.82 Å². The molecule has 0 unspecified atom stereocenters. The van der Waals surface area contributed by atoms with Crippen molar-refractivity contribution in [1.82, 2.24) is 4.98 Å².